The highest BCUT2D eigenvalue weighted by Crippen LogP contribution is 2.27. The van der Waals surface area contributed by atoms with Crippen LogP contribution >= 0.6 is 0 Å². The van der Waals surface area contributed by atoms with Crippen LogP contribution in [0.2, 0.25) is 0 Å². The summed E-state index contributed by atoms with van der Waals surface area (Å²) in [6.07, 6.45) is 4.00. The Morgan fingerprint density at radius 2 is 2.31 bits per heavy atom. The maximum absolute atomic E-state index is 14.0. The lowest BCUT2D eigenvalue weighted by molar-refractivity contribution is 0.102. The molecule has 1 unspecified atom stereocenters. The Morgan fingerprint density at radius 3 is 3.12 bits per heavy atom. The Hall–Kier alpha value is -3.07. The number of carbonyl (C=O) groups is 1. The van der Waals surface area contributed by atoms with Crippen LogP contribution in [0.5, 0.6) is 0 Å². The highest BCUT2D eigenvalue weighted by Gasteiger charge is 2.19. The number of halogens is 1. The zero-order valence-corrected chi connectivity index (χ0v) is 13.9. The maximum Gasteiger partial charge on any atom is 0.277 e. The minimum absolute atomic E-state index is 0.185. The number of H-pyrrole nitrogens is 1. The van der Waals surface area contributed by atoms with Gasteiger partial charge in [0, 0.05) is 24.6 Å². The van der Waals surface area contributed by atoms with Crippen molar-refractivity contribution >= 4 is 11.6 Å². The molecule has 9 heteroatoms. The van der Waals surface area contributed by atoms with Crippen molar-refractivity contribution in [2.24, 2.45) is 5.92 Å². The van der Waals surface area contributed by atoms with Crippen LogP contribution < -0.4 is 5.32 Å². The van der Waals surface area contributed by atoms with E-state index in [1.807, 2.05) is 0 Å². The number of anilines is 1. The third-order valence-electron chi connectivity index (χ3n) is 4.27. The number of nitrogens with one attached hydrogen (secondary N) is 2. The Balaban J connectivity index is 1.48. The van der Waals surface area contributed by atoms with Crippen molar-refractivity contribution < 1.29 is 13.9 Å². The van der Waals surface area contributed by atoms with Gasteiger partial charge in [-0.2, -0.15) is 5.10 Å². The number of aromatic nitrogens is 5. The van der Waals surface area contributed by atoms with Crippen LogP contribution in [-0.4, -0.2) is 44.3 Å². The first kappa shape index (κ1) is 16.4. The third kappa shape index (κ3) is 3.33. The molecule has 3 heterocycles. The normalized spacial score (nSPS) is 16.7. The summed E-state index contributed by atoms with van der Waals surface area (Å²) >= 11 is 0. The van der Waals surface area contributed by atoms with E-state index in [9.17, 15) is 9.18 Å². The van der Waals surface area contributed by atoms with Gasteiger partial charge in [-0.25, -0.2) is 4.39 Å². The number of carbonyl (C=O) groups excluding carboxylic acids is 1. The zero-order chi connectivity index (χ0) is 17.9. The first-order valence-electron chi connectivity index (χ1n) is 8.28. The van der Waals surface area contributed by atoms with Gasteiger partial charge in [0.1, 0.15) is 5.82 Å². The van der Waals surface area contributed by atoms with Gasteiger partial charge in [-0.15, -0.1) is 5.10 Å². The molecule has 1 saturated heterocycles. The van der Waals surface area contributed by atoms with Crippen molar-refractivity contribution in [1.29, 1.82) is 0 Å². The topological polar surface area (TPSA) is 97.7 Å². The molecule has 4 rings (SSSR count). The van der Waals surface area contributed by atoms with Crippen LogP contribution in [0, 0.1) is 11.7 Å². The van der Waals surface area contributed by atoms with Crippen LogP contribution in [0.15, 0.2) is 36.7 Å². The molecule has 0 aliphatic carbocycles. The molecule has 1 atom stereocenters. The lowest BCUT2D eigenvalue weighted by atomic mass is 10.1. The standard InChI is InChI=1S/C17H17FN6O2/c18-13-4-2-1-3-12(13)16-14(7-19-22-16)20-17(25)15-9-24(23-21-15)8-11-5-6-26-10-11/h1-4,7,9,11H,5-6,8,10H2,(H,19,22)(H,20,25). The molecule has 0 spiro atoms. The van der Waals surface area contributed by atoms with E-state index in [4.69, 9.17) is 4.74 Å². The van der Waals surface area contributed by atoms with Crippen molar-refractivity contribution in [2.45, 2.75) is 13.0 Å². The van der Waals surface area contributed by atoms with Gasteiger partial charge in [-0.3, -0.25) is 14.6 Å². The Morgan fingerprint density at radius 1 is 1.42 bits per heavy atom. The molecule has 2 aromatic heterocycles. The molecule has 1 aromatic carbocycles. The Kier molecular flexibility index (Phi) is 4.44. The van der Waals surface area contributed by atoms with Gasteiger partial charge >= 0.3 is 0 Å². The monoisotopic (exact) mass is 356 g/mol. The second kappa shape index (κ2) is 7.04. The minimum Gasteiger partial charge on any atom is -0.381 e. The number of hydrogen-bond donors (Lipinski definition) is 2. The summed E-state index contributed by atoms with van der Waals surface area (Å²) in [5.74, 6) is -0.455. The number of rotatable bonds is 5. The molecule has 26 heavy (non-hydrogen) atoms. The van der Waals surface area contributed by atoms with E-state index in [0.29, 0.717) is 36.0 Å². The van der Waals surface area contributed by atoms with E-state index < -0.39 is 11.7 Å². The summed E-state index contributed by atoms with van der Waals surface area (Å²) in [4.78, 5) is 12.4. The average molecular weight is 356 g/mol. The average Bonchev–Trinajstić information content (AvgIpc) is 3.38. The molecule has 8 nitrogen and oxygen atoms in total. The van der Waals surface area contributed by atoms with Gasteiger partial charge < -0.3 is 10.1 Å². The zero-order valence-electron chi connectivity index (χ0n) is 13.9. The molecule has 0 radical (unpaired) electrons. The summed E-state index contributed by atoms with van der Waals surface area (Å²) in [6.45, 7) is 2.11. The molecule has 3 aromatic rings. The lowest BCUT2D eigenvalue weighted by Crippen LogP contribution is -2.13. The van der Waals surface area contributed by atoms with E-state index in [2.05, 4.69) is 25.8 Å². The van der Waals surface area contributed by atoms with E-state index in [0.717, 1.165) is 13.0 Å². The second-order valence-electron chi connectivity index (χ2n) is 6.15. The van der Waals surface area contributed by atoms with Gasteiger partial charge in [-0.05, 0) is 18.6 Å². The van der Waals surface area contributed by atoms with Gasteiger partial charge in [-0.1, -0.05) is 17.3 Å². The molecule has 0 bridgehead atoms. The molecule has 1 fully saturated rings. The van der Waals surface area contributed by atoms with Crippen molar-refractivity contribution in [3.63, 3.8) is 0 Å². The van der Waals surface area contributed by atoms with Gasteiger partial charge in [0.05, 0.1) is 30.4 Å². The Labute approximate surface area is 148 Å². The fourth-order valence-corrected chi connectivity index (χ4v) is 2.92. The molecule has 0 saturated carbocycles. The number of ether oxygens (including phenoxy) is 1. The quantitative estimate of drug-likeness (QED) is 0.730. The lowest BCUT2D eigenvalue weighted by Gasteiger charge is -2.06. The molecule has 1 aliphatic heterocycles. The minimum atomic E-state index is -0.432. The summed E-state index contributed by atoms with van der Waals surface area (Å²) in [6, 6.07) is 6.27. The van der Waals surface area contributed by atoms with Crippen LogP contribution in [0.1, 0.15) is 16.9 Å². The van der Waals surface area contributed by atoms with E-state index in [-0.39, 0.29) is 5.69 Å². The van der Waals surface area contributed by atoms with Crippen molar-refractivity contribution in [1.82, 2.24) is 25.2 Å². The molecule has 1 aliphatic rings. The molecule has 2 N–H and O–H groups in total. The fraction of sp³-hybridized carbons (Fsp3) is 0.294. The maximum atomic E-state index is 14.0. The van der Waals surface area contributed by atoms with Crippen molar-refractivity contribution in [3.05, 3.63) is 48.2 Å². The van der Waals surface area contributed by atoms with E-state index >= 15 is 0 Å². The van der Waals surface area contributed by atoms with Crippen LogP contribution in [0.25, 0.3) is 11.3 Å². The third-order valence-corrected chi connectivity index (χ3v) is 4.27. The second-order valence-corrected chi connectivity index (χ2v) is 6.15. The predicted molar refractivity (Wildman–Crippen MR) is 90.9 cm³/mol. The summed E-state index contributed by atoms with van der Waals surface area (Å²) < 4.78 is 21.0. The number of hydrogen-bond acceptors (Lipinski definition) is 5. The highest BCUT2D eigenvalue weighted by atomic mass is 19.1. The number of nitrogens with zero attached hydrogens (tertiary/aromatic N) is 4. The van der Waals surface area contributed by atoms with Crippen LogP contribution in [-0.2, 0) is 11.3 Å². The Bertz CT molecular complexity index is 915. The van der Waals surface area contributed by atoms with Gasteiger partial charge in [0.15, 0.2) is 5.69 Å². The number of benzene rings is 1. The molecular weight excluding hydrogens is 339 g/mol. The van der Waals surface area contributed by atoms with Crippen molar-refractivity contribution in [2.75, 3.05) is 18.5 Å². The van der Waals surface area contributed by atoms with Crippen LogP contribution in [0.4, 0.5) is 10.1 Å². The van der Waals surface area contributed by atoms with Crippen LogP contribution in [0.3, 0.4) is 0 Å². The fourth-order valence-electron chi connectivity index (χ4n) is 2.92. The number of amides is 1. The van der Waals surface area contributed by atoms with Crippen molar-refractivity contribution in [3.8, 4) is 11.3 Å². The van der Waals surface area contributed by atoms with Gasteiger partial charge in [0.2, 0.25) is 0 Å². The van der Waals surface area contributed by atoms with E-state index in [1.165, 1.54) is 12.3 Å². The summed E-state index contributed by atoms with van der Waals surface area (Å²) in [5, 5.41) is 17.2. The molecular formula is C17H17FN6O2. The SMILES string of the molecule is O=C(Nc1cn[nH]c1-c1ccccc1F)c1cn(CC2CCOC2)nn1. The number of aromatic amines is 1. The summed E-state index contributed by atoms with van der Waals surface area (Å²) in [7, 11) is 0. The van der Waals surface area contributed by atoms with E-state index in [1.54, 1.807) is 29.1 Å². The predicted octanol–water partition coefficient (Wildman–Crippen LogP) is 2.10. The first-order valence-corrected chi connectivity index (χ1v) is 8.28. The first-order chi connectivity index (χ1) is 12.7. The largest absolute Gasteiger partial charge is 0.381 e. The highest BCUT2D eigenvalue weighted by molar-refractivity contribution is 6.04. The molecule has 134 valence electrons. The summed E-state index contributed by atoms with van der Waals surface area (Å²) in [5.41, 5.74) is 1.28. The smallest absolute Gasteiger partial charge is 0.277 e. The van der Waals surface area contributed by atoms with Gasteiger partial charge in [0.25, 0.3) is 5.91 Å². The molecule has 1 amide bonds.